The van der Waals surface area contributed by atoms with Crippen molar-refractivity contribution in [1.82, 2.24) is 9.97 Å². The monoisotopic (exact) mass is 242 g/mol. The fourth-order valence-electron chi connectivity index (χ4n) is 1.83. The van der Waals surface area contributed by atoms with Gasteiger partial charge in [0, 0.05) is 24.5 Å². The van der Waals surface area contributed by atoms with Crippen LogP contribution in [0.25, 0.3) is 0 Å². The third kappa shape index (κ3) is 2.97. The average Bonchev–Trinajstić information content (AvgIpc) is 2.28. The predicted octanol–water partition coefficient (Wildman–Crippen LogP) is 2.31. The van der Waals surface area contributed by atoms with Crippen LogP contribution in [0.1, 0.15) is 17.1 Å². The maximum Gasteiger partial charge on any atom is 0.150 e. The molecule has 0 atom stereocenters. The van der Waals surface area contributed by atoms with Crippen molar-refractivity contribution in [3.05, 3.63) is 47.4 Å². The number of aryl methyl sites for hydroxylation is 2. The summed E-state index contributed by atoms with van der Waals surface area (Å²) in [5.74, 6) is 1.27. The summed E-state index contributed by atoms with van der Waals surface area (Å²) >= 11 is 0. The van der Waals surface area contributed by atoms with Crippen LogP contribution in [0.2, 0.25) is 0 Å². The van der Waals surface area contributed by atoms with E-state index in [0.717, 1.165) is 17.2 Å². The number of nitrogens with zero attached hydrogens (tertiary/aromatic N) is 3. The van der Waals surface area contributed by atoms with Crippen LogP contribution in [-0.4, -0.2) is 17.0 Å². The Balaban J connectivity index is 2.15. The fourth-order valence-corrected chi connectivity index (χ4v) is 1.83. The smallest absolute Gasteiger partial charge is 0.150 e. The van der Waals surface area contributed by atoms with Crippen LogP contribution in [-0.2, 0) is 6.54 Å². The van der Waals surface area contributed by atoms with Gasteiger partial charge in [0.2, 0.25) is 0 Å². The van der Waals surface area contributed by atoms with E-state index in [-0.39, 0.29) is 0 Å². The topological polar surface area (TPSA) is 55.0 Å². The van der Waals surface area contributed by atoms with E-state index < -0.39 is 0 Å². The number of hydrogen-bond acceptors (Lipinski definition) is 4. The molecule has 0 saturated carbocycles. The summed E-state index contributed by atoms with van der Waals surface area (Å²) in [4.78, 5) is 10.7. The second-order valence-electron chi connectivity index (χ2n) is 4.54. The lowest BCUT2D eigenvalue weighted by Crippen LogP contribution is -2.18. The Morgan fingerprint density at radius 3 is 2.39 bits per heavy atom. The predicted molar refractivity (Wildman–Crippen MR) is 74.5 cm³/mol. The van der Waals surface area contributed by atoms with Gasteiger partial charge in [0.1, 0.15) is 11.6 Å². The summed E-state index contributed by atoms with van der Waals surface area (Å²) < 4.78 is 0. The van der Waals surface area contributed by atoms with E-state index in [1.54, 1.807) is 6.07 Å². The average molecular weight is 242 g/mol. The normalized spacial score (nSPS) is 10.4. The first-order valence-corrected chi connectivity index (χ1v) is 5.92. The molecule has 1 aromatic heterocycles. The highest BCUT2D eigenvalue weighted by Gasteiger charge is 2.05. The molecule has 0 bridgehead atoms. The van der Waals surface area contributed by atoms with Gasteiger partial charge < -0.3 is 10.6 Å². The highest BCUT2D eigenvalue weighted by molar-refractivity contribution is 5.46. The molecule has 94 valence electrons. The molecule has 0 spiro atoms. The number of nitrogens with two attached hydrogens (primary N) is 1. The molecule has 2 rings (SSSR count). The maximum absolute atomic E-state index is 5.72. The first-order chi connectivity index (χ1) is 8.54. The molecule has 0 saturated heterocycles. The number of hydrogen-bond donors (Lipinski definition) is 1. The van der Waals surface area contributed by atoms with Gasteiger partial charge in [-0.1, -0.05) is 17.7 Å². The standard InChI is InChI=1S/C14H18N4/c1-10-4-6-12(7-5-10)18(3)9-14-16-11(2)8-13(15)17-14/h4-8H,9H2,1-3H3,(H2,15,16,17). The Bertz CT molecular complexity index is 514. The van der Waals surface area contributed by atoms with Crippen molar-refractivity contribution in [2.45, 2.75) is 20.4 Å². The molecule has 4 nitrogen and oxygen atoms in total. The van der Waals surface area contributed by atoms with Crippen LogP contribution < -0.4 is 10.6 Å². The van der Waals surface area contributed by atoms with Crippen molar-refractivity contribution in [2.24, 2.45) is 0 Å². The van der Waals surface area contributed by atoms with E-state index in [0.29, 0.717) is 12.4 Å². The van der Waals surface area contributed by atoms with Gasteiger partial charge in [-0.25, -0.2) is 9.97 Å². The van der Waals surface area contributed by atoms with Crippen LogP contribution in [0, 0.1) is 13.8 Å². The lowest BCUT2D eigenvalue weighted by molar-refractivity contribution is 0.831. The maximum atomic E-state index is 5.72. The minimum atomic E-state index is 0.523. The summed E-state index contributed by atoms with van der Waals surface area (Å²) in [5.41, 5.74) is 9.02. The molecule has 4 heteroatoms. The molecule has 2 aromatic rings. The minimum absolute atomic E-state index is 0.523. The zero-order chi connectivity index (χ0) is 13.1. The van der Waals surface area contributed by atoms with Crippen LogP contribution in [0.3, 0.4) is 0 Å². The highest BCUT2D eigenvalue weighted by atomic mass is 15.1. The molecule has 0 unspecified atom stereocenters. The zero-order valence-corrected chi connectivity index (χ0v) is 11.0. The molecule has 1 heterocycles. The summed E-state index contributed by atoms with van der Waals surface area (Å²) in [6, 6.07) is 10.1. The Hall–Kier alpha value is -2.10. The van der Waals surface area contributed by atoms with Crippen molar-refractivity contribution in [3.63, 3.8) is 0 Å². The van der Waals surface area contributed by atoms with Crippen LogP contribution in [0.5, 0.6) is 0 Å². The summed E-state index contributed by atoms with van der Waals surface area (Å²) in [6.07, 6.45) is 0. The van der Waals surface area contributed by atoms with E-state index in [4.69, 9.17) is 5.73 Å². The van der Waals surface area contributed by atoms with Gasteiger partial charge in [0.05, 0.1) is 6.54 Å². The minimum Gasteiger partial charge on any atom is -0.384 e. The molecular formula is C14H18N4. The first-order valence-electron chi connectivity index (χ1n) is 5.92. The Morgan fingerprint density at radius 2 is 1.78 bits per heavy atom. The number of benzene rings is 1. The first kappa shape index (κ1) is 12.4. The number of aromatic nitrogens is 2. The quantitative estimate of drug-likeness (QED) is 0.897. The zero-order valence-electron chi connectivity index (χ0n) is 11.0. The summed E-state index contributed by atoms with van der Waals surface area (Å²) in [5, 5.41) is 0. The Labute approximate surface area is 107 Å². The van der Waals surface area contributed by atoms with E-state index in [1.165, 1.54) is 5.56 Å². The number of anilines is 2. The molecule has 0 aliphatic carbocycles. The Kier molecular flexibility index (Phi) is 3.46. The Morgan fingerprint density at radius 1 is 1.11 bits per heavy atom. The van der Waals surface area contributed by atoms with E-state index in [9.17, 15) is 0 Å². The van der Waals surface area contributed by atoms with Crippen LogP contribution in [0.4, 0.5) is 11.5 Å². The van der Waals surface area contributed by atoms with Crippen molar-refractivity contribution in [1.29, 1.82) is 0 Å². The van der Waals surface area contributed by atoms with E-state index in [2.05, 4.69) is 46.1 Å². The molecule has 1 aromatic carbocycles. The molecule has 18 heavy (non-hydrogen) atoms. The van der Waals surface area contributed by atoms with Crippen molar-refractivity contribution in [2.75, 3.05) is 17.7 Å². The third-order valence-electron chi connectivity index (χ3n) is 2.77. The van der Waals surface area contributed by atoms with Crippen molar-refractivity contribution < 1.29 is 0 Å². The van der Waals surface area contributed by atoms with Crippen molar-refractivity contribution >= 4 is 11.5 Å². The van der Waals surface area contributed by atoms with Gasteiger partial charge in [-0.2, -0.15) is 0 Å². The van der Waals surface area contributed by atoms with Crippen LogP contribution >= 0.6 is 0 Å². The van der Waals surface area contributed by atoms with Gasteiger partial charge >= 0.3 is 0 Å². The highest BCUT2D eigenvalue weighted by Crippen LogP contribution is 2.15. The second kappa shape index (κ2) is 5.04. The molecule has 0 radical (unpaired) electrons. The lowest BCUT2D eigenvalue weighted by Gasteiger charge is -2.18. The van der Waals surface area contributed by atoms with Crippen LogP contribution in [0.15, 0.2) is 30.3 Å². The van der Waals surface area contributed by atoms with Gasteiger partial charge in [-0.3, -0.25) is 0 Å². The molecule has 2 N–H and O–H groups in total. The lowest BCUT2D eigenvalue weighted by atomic mass is 10.2. The number of nitrogen functional groups attached to an aromatic ring is 1. The molecule has 0 aliphatic rings. The SMILES string of the molecule is Cc1ccc(N(C)Cc2nc(C)cc(N)n2)cc1. The summed E-state index contributed by atoms with van der Waals surface area (Å²) in [6.45, 7) is 4.65. The largest absolute Gasteiger partial charge is 0.384 e. The van der Waals surface area contributed by atoms with Gasteiger partial charge in [-0.05, 0) is 26.0 Å². The fraction of sp³-hybridized carbons (Fsp3) is 0.286. The molecule has 0 aliphatic heterocycles. The molecule has 0 amide bonds. The van der Waals surface area contributed by atoms with E-state index >= 15 is 0 Å². The second-order valence-corrected chi connectivity index (χ2v) is 4.54. The van der Waals surface area contributed by atoms with E-state index in [1.807, 2.05) is 14.0 Å². The number of rotatable bonds is 3. The van der Waals surface area contributed by atoms with Gasteiger partial charge in [0.25, 0.3) is 0 Å². The van der Waals surface area contributed by atoms with Crippen molar-refractivity contribution in [3.8, 4) is 0 Å². The molecular weight excluding hydrogens is 224 g/mol. The summed E-state index contributed by atoms with van der Waals surface area (Å²) in [7, 11) is 2.02. The molecule has 0 fully saturated rings. The van der Waals surface area contributed by atoms with Gasteiger partial charge in [0.15, 0.2) is 0 Å². The third-order valence-corrected chi connectivity index (χ3v) is 2.77. The van der Waals surface area contributed by atoms with Gasteiger partial charge in [-0.15, -0.1) is 0 Å².